The molecule has 0 atom stereocenters. The summed E-state index contributed by atoms with van der Waals surface area (Å²) in [6, 6.07) is 6.32. The third-order valence-corrected chi connectivity index (χ3v) is 2.44. The third kappa shape index (κ3) is 2.19. The van der Waals surface area contributed by atoms with Gasteiger partial charge in [-0.3, -0.25) is 0 Å². The molecule has 1 rings (SSSR count). The molecule has 0 radical (unpaired) electrons. The number of rotatable bonds is 4. The quantitative estimate of drug-likeness (QED) is 0.729. The van der Waals surface area contributed by atoms with Crippen LogP contribution in [0.4, 0.5) is 5.69 Å². The number of benzene rings is 1. The van der Waals surface area contributed by atoms with Crippen molar-refractivity contribution in [3.8, 4) is 5.75 Å². The Bertz CT molecular complexity index is 292. The Labute approximate surface area is 86.5 Å². The van der Waals surface area contributed by atoms with E-state index >= 15 is 0 Å². The molecular weight excluding hydrogens is 174 g/mol. The molecule has 0 aromatic heterocycles. The number of ether oxygens (including phenoxy) is 1. The maximum absolute atomic E-state index is 5.37. The van der Waals surface area contributed by atoms with Gasteiger partial charge in [-0.05, 0) is 38.5 Å². The van der Waals surface area contributed by atoms with Crippen LogP contribution in [-0.2, 0) is 0 Å². The van der Waals surface area contributed by atoms with Gasteiger partial charge in [-0.1, -0.05) is 6.07 Å². The van der Waals surface area contributed by atoms with Gasteiger partial charge in [0.2, 0.25) is 0 Å². The maximum atomic E-state index is 5.37. The van der Waals surface area contributed by atoms with E-state index in [2.05, 4.69) is 43.9 Å². The first kappa shape index (κ1) is 10.9. The van der Waals surface area contributed by atoms with Crippen LogP contribution in [0.25, 0.3) is 0 Å². The molecule has 0 aliphatic rings. The van der Waals surface area contributed by atoms with Crippen molar-refractivity contribution in [1.29, 1.82) is 0 Å². The molecule has 0 unspecified atom stereocenters. The summed E-state index contributed by atoms with van der Waals surface area (Å²) in [6.07, 6.45) is 0. The molecule has 1 aromatic carbocycles. The van der Waals surface area contributed by atoms with Crippen molar-refractivity contribution in [2.75, 3.05) is 25.1 Å². The minimum absolute atomic E-state index is 0.966. The van der Waals surface area contributed by atoms with Crippen molar-refractivity contribution in [2.45, 2.75) is 20.8 Å². The van der Waals surface area contributed by atoms with Crippen molar-refractivity contribution in [2.24, 2.45) is 0 Å². The Kier molecular flexibility index (Phi) is 3.81. The zero-order valence-corrected chi connectivity index (χ0v) is 9.50. The van der Waals surface area contributed by atoms with Crippen LogP contribution in [0.3, 0.4) is 0 Å². The van der Waals surface area contributed by atoms with Gasteiger partial charge >= 0.3 is 0 Å². The molecule has 0 N–H and O–H groups in total. The average Bonchev–Trinajstić information content (AvgIpc) is 2.21. The van der Waals surface area contributed by atoms with Crippen LogP contribution in [0.1, 0.15) is 19.4 Å². The lowest BCUT2D eigenvalue weighted by molar-refractivity contribution is 0.414. The fourth-order valence-electron chi connectivity index (χ4n) is 1.61. The second-order valence-electron chi connectivity index (χ2n) is 3.35. The van der Waals surface area contributed by atoms with E-state index in [0.717, 1.165) is 18.8 Å². The number of methoxy groups -OCH3 is 1. The summed E-state index contributed by atoms with van der Waals surface area (Å²) < 4.78 is 5.37. The molecule has 78 valence electrons. The molecule has 1 aromatic rings. The van der Waals surface area contributed by atoms with Gasteiger partial charge < -0.3 is 9.64 Å². The Morgan fingerprint density at radius 1 is 1.21 bits per heavy atom. The monoisotopic (exact) mass is 193 g/mol. The molecule has 0 fully saturated rings. The van der Waals surface area contributed by atoms with Gasteiger partial charge in [0.15, 0.2) is 0 Å². The SMILES string of the molecule is CCN(CC)c1ccc(C)cc1OC. The molecule has 2 heteroatoms. The highest BCUT2D eigenvalue weighted by Crippen LogP contribution is 2.28. The molecule has 0 aliphatic carbocycles. The number of hydrogen-bond donors (Lipinski definition) is 0. The van der Waals surface area contributed by atoms with E-state index < -0.39 is 0 Å². The van der Waals surface area contributed by atoms with E-state index in [1.807, 2.05) is 0 Å². The smallest absolute Gasteiger partial charge is 0.142 e. The molecule has 0 spiro atoms. The minimum Gasteiger partial charge on any atom is -0.495 e. The van der Waals surface area contributed by atoms with E-state index in [-0.39, 0.29) is 0 Å². The van der Waals surface area contributed by atoms with Gasteiger partial charge in [0.25, 0.3) is 0 Å². The lowest BCUT2D eigenvalue weighted by Crippen LogP contribution is -2.22. The number of aryl methyl sites for hydroxylation is 1. The molecule has 0 amide bonds. The van der Waals surface area contributed by atoms with E-state index in [4.69, 9.17) is 4.74 Å². The lowest BCUT2D eigenvalue weighted by Gasteiger charge is -2.23. The fourth-order valence-corrected chi connectivity index (χ4v) is 1.61. The van der Waals surface area contributed by atoms with Gasteiger partial charge in [-0.2, -0.15) is 0 Å². The predicted octanol–water partition coefficient (Wildman–Crippen LogP) is 2.85. The van der Waals surface area contributed by atoms with Crippen LogP contribution < -0.4 is 9.64 Å². The molecule has 2 nitrogen and oxygen atoms in total. The largest absolute Gasteiger partial charge is 0.495 e. The Hall–Kier alpha value is -1.18. The second kappa shape index (κ2) is 4.89. The summed E-state index contributed by atoms with van der Waals surface area (Å²) in [5, 5.41) is 0. The number of hydrogen-bond acceptors (Lipinski definition) is 2. The van der Waals surface area contributed by atoms with Crippen molar-refractivity contribution in [3.05, 3.63) is 23.8 Å². The molecule has 0 saturated heterocycles. The number of anilines is 1. The molecule has 0 aliphatic heterocycles. The predicted molar refractivity (Wildman–Crippen MR) is 61.3 cm³/mol. The Balaban J connectivity index is 3.06. The van der Waals surface area contributed by atoms with Crippen LogP contribution in [0, 0.1) is 6.92 Å². The van der Waals surface area contributed by atoms with Gasteiger partial charge in [-0.15, -0.1) is 0 Å². The molecule has 0 bridgehead atoms. The fraction of sp³-hybridized carbons (Fsp3) is 0.500. The minimum atomic E-state index is 0.966. The van der Waals surface area contributed by atoms with Crippen molar-refractivity contribution < 1.29 is 4.74 Å². The first-order valence-corrected chi connectivity index (χ1v) is 5.12. The van der Waals surface area contributed by atoms with Gasteiger partial charge in [-0.25, -0.2) is 0 Å². The highest BCUT2D eigenvalue weighted by Gasteiger charge is 2.08. The molecule has 0 heterocycles. The van der Waals surface area contributed by atoms with Crippen molar-refractivity contribution >= 4 is 5.69 Å². The van der Waals surface area contributed by atoms with Crippen LogP contribution in [-0.4, -0.2) is 20.2 Å². The summed E-state index contributed by atoms with van der Waals surface area (Å²) in [5.74, 6) is 0.966. The van der Waals surface area contributed by atoms with Gasteiger partial charge in [0.1, 0.15) is 5.75 Å². The zero-order chi connectivity index (χ0) is 10.6. The highest BCUT2D eigenvalue weighted by atomic mass is 16.5. The Morgan fingerprint density at radius 2 is 1.86 bits per heavy atom. The average molecular weight is 193 g/mol. The summed E-state index contributed by atoms with van der Waals surface area (Å²) in [6.45, 7) is 8.41. The maximum Gasteiger partial charge on any atom is 0.142 e. The van der Waals surface area contributed by atoms with E-state index in [9.17, 15) is 0 Å². The Morgan fingerprint density at radius 3 is 2.36 bits per heavy atom. The standard InChI is InChI=1S/C12H19NO/c1-5-13(6-2)11-8-7-10(3)9-12(11)14-4/h7-9H,5-6H2,1-4H3. The first-order chi connectivity index (χ1) is 6.72. The second-order valence-corrected chi connectivity index (χ2v) is 3.35. The highest BCUT2D eigenvalue weighted by molar-refractivity contribution is 5.59. The summed E-state index contributed by atoms with van der Waals surface area (Å²) >= 11 is 0. The summed E-state index contributed by atoms with van der Waals surface area (Å²) in [4.78, 5) is 2.29. The van der Waals surface area contributed by atoms with Crippen LogP contribution in [0.5, 0.6) is 5.75 Å². The van der Waals surface area contributed by atoms with E-state index in [1.54, 1.807) is 7.11 Å². The first-order valence-electron chi connectivity index (χ1n) is 5.12. The summed E-state index contributed by atoms with van der Waals surface area (Å²) in [5.41, 5.74) is 2.42. The lowest BCUT2D eigenvalue weighted by atomic mass is 10.2. The normalized spacial score (nSPS) is 10.0. The number of nitrogens with zero attached hydrogens (tertiary/aromatic N) is 1. The van der Waals surface area contributed by atoms with Crippen molar-refractivity contribution in [1.82, 2.24) is 0 Å². The molecule has 14 heavy (non-hydrogen) atoms. The van der Waals surface area contributed by atoms with E-state index in [0.29, 0.717) is 0 Å². The van der Waals surface area contributed by atoms with Crippen LogP contribution in [0.2, 0.25) is 0 Å². The topological polar surface area (TPSA) is 12.5 Å². The van der Waals surface area contributed by atoms with Crippen LogP contribution >= 0.6 is 0 Å². The summed E-state index contributed by atoms with van der Waals surface area (Å²) in [7, 11) is 1.72. The zero-order valence-electron chi connectivity index (χ0n) is 9.50. The molecular formula is C12H19NO. The third-order valence-electron chi connectivity index (χ3n) is 2.44. The van der Waals surface area contributed by atoms with Crippen molar-refractivity contribution in [3.63, 3.8) is 0 Å². The van der Waals surface area contributed by atoms with Gasteiger partial charge in [0.05, 0.1) is 12.8 Å². The van der Waals surface area contributed by atoms with Gasteiger partial charge in [0, 0.05) is 13.1 Å². The van der Waals surface area contributed by atoms with E-state index in [1.165, 1.54) is 11.3 Å². The van der Waals surface area contributed by atoms with Crippen LogP contribution in [0.15, 0.2) is 18.2 Å². The molecule has 0 saturated carbocycles.